The van der Waals surface area contributed by atoms with Gasteiger partial charge in [-0.3, -0.25) is 14.6 Å². The van der Waals surface area contributed by atoms with E-state index in [-0.39, 0.29) is 30.0 Å². The molecule has 45 heavy (non-hydrogen) atoms. The Hall–Kier alpha value is -5.06. The van der Waals surface area contributed by atoms with E-state index in [1.165, 1.54) is 34.0 Å². The van der Waals surface area contributed by atoms with Gasteiger partial charge in [-0.05, 0) is 43.3 Å². The number of carbonyl (C=O) groups excluding carboxylic acids is 2. The number of amides is 2. The third-order valence-corrected chi connectivity index (χ3v) is 7.30. The third-order valence-electron chi connectivity index (χ3n) is 6.75. The minimum Gasteiger partial charge on any atom is -0.492 e. The van der Waals surface area contributed by atoms with Crippen LogP contribution in [0.3, 0.4) is 0 Å². The Bertz CT molecular complexity index is 1820. The van der Waals surface area contributed by atoms with Crippen molar-refractivity contribution in [3.8, 4) is 22.6 Å². The van der Waals surface area contributed by atoms with E-state index in [1.807, 2.05) is 6.92 Å². The Kier molecular flexibility index (Phi) is 8.72. The summed E-state index contributed by atoms with van der Waals surface area (Å²) in [4.78, 5) is 32.8. The maximum absolute atomic E-state index is 13.9. The van der Waals surface area contributed by atoms with Crippen LogP contribution in [0.25, 0.3) is 16.8 Å². The highest BCUT2D eigenvalue weighted by Gasteiger charge is 2.33. The number of anilines is 1. The zero-order valence-electron chi connectivity index (χ0n) is 24.0. The highest BCUT2D eigenvalue weighted by Crippen LogP contribution is 2.32. The molecule has 3 aromatic heterocycles. The second-order valence-corrected chi connectivity index (χ2v) is 11.8. The Labute approximate surface area is 255 Å². The third kappa shape index (κ3) is 7.54. The van der Waals surface area contributed by atoms with Gasteiger partial charge in [0, 0.05) is 55.3 Å². The number of nitrogens with zero attached hydrogens (tertiary/aromatic N) is 7. The van der Waals surface area contributed by atoms with E-state index in [0.29, 0.717) is 42.4 Å². The quantitative estimate of drug-likeness (QED) is 0.303. The van der Waals surface area contributed by atoms with Gasteiger partial charge in [-0.1, -0.05) is 0 Å². The zero-order valence-corrected chi connectivity index (χ0v) is 24.8. The first-order valence-corrected chi connectivity index (χ1v) is 15.5. The first kappa shape index (κ1) is 31.4. The van der Waals surface area contributed by atoms with Gasteiger partial charge >= 0.3 is 6.18 Å². The van der Waals surface area contributed by atoms with Gasteiger partial charge in [-0.25, -0.2) is 17.8 Å². The van der Waals surface area contributed by atoms with Gasteiger partial charge in [0.2, 0.25) is 10.0 Å². The molecular weight excluding hydrogens is 617 g/mol. The lowest BCUT2D eigenvalue weighted by Crippen LogP contribution is -2.49. The maximum Gasteiger partial charge on any atom is 0.416 e. The SMILES string of the molecule is CCOc1cncc(-c2cnn(-c3cc(C(=O)N4CCN(c5ccc(C(=O)NS(C)(=O)=O)nn5)CC4)cc(C(F)(F)F)c3)c2)c1. The van der Waals surface area contributed by atoms with Crippen LogP contribution in [0.1, 0.15) is 33.3 Å². The van der Waals surface area contributed by atoms with Crippen molar-refractivity contribution in [1.82, 2.24) is 34.6 Å². The van der Waals surface area contributed by atoms with Gasteiger partial charge in [0.1, 0.15) is 5.75 Å². The van der Waals surface area contributed by atoms with Crippen LogP contribution < -0.4 is 14.4 Å². The molecule has 236 valence electrons. The van der Waals surface area contributed by atoms with Crippen LogP contribution in [0.15, 0.2) is 61.2 Å². The predicted octanol–water partition coefficient (Wildman–Crippen LogP) is 2.79. The Balaban J connectivity index is 1.32. The van der Waals surface area contributed by atoms with Gasteiger partial charge in [-0.15, -0.1) is 10.2 Å². The molecule has 0 unspecified atom stereocenters. The Morgan fingerprint density at radius 3 is 2.38 bits per heavy atom. The fraction of sp³-hybridized carbons (Fsp3) is 0.286. The molecule has 4 heterocycles. The lowest BCUT2D eigenvalue weighted by molar-refractivity contribution is -0.137. The van der Waals surface area contributed by atoms with Crippen molar-refractivity contribution in [3.63, 3.8) is 0 Å². The molecule has 13 nitrogen and oxygen atoms in total. The number of hydrogen-bond donors (Lipinski definition) is 1. The first-order valence-electron chi connectivity index (χ1n) is 13.6. The van der Waals surface area contributed by atoms with E-state index in [2.05, 4.69) is 20.3 Å². The second kappa shape index (κ2) is 12.5. The summed E-state index contributed by atoms with van der Waals surface area (Å²) in [5, 5.41) is 12.0. The van der Waals surface area contributed by atoms with Crippen LogP contribution in [0, 0.1) is 0 Å². The highest BCUT2D eigenvalue weighted by molar-refractivity contribution is 7.89. The molecule has 1 N–H and O–H groups in total. The number of ether oxygens (including phenoxy) is 1. The van der Waals surface area contributed by atoms with Gasteiger partial charge in [0.05, 0.1) is 36.5 Å². The van der Waals surface area contributed by atoms with E-state index in [9.17, 15) is 31.2 Å². The number of aromatic nitrogens is 5. The van der Waals surface area contributed by atoms with Crippen LogP contribution in [0.2, 0.25) is 0 Å². The number of carbonyl (C=O) groups is 2. The number of halogens is 3. The fourth-order valence-electron chi connectivity index (χ4n) is 4.62. The number of nitrogens with one attached hydrogen (secondary N) is 1. The molecule has 17 heteroatoms. The molecular formula is C28H27F3N8O5S. The van der Waals surface area contributed by atoms with Gasteiger partial charge in [-0.2, -0.15) is 18.3 Å². The number of piperazine rings is 1. The molecule has 0 bridgehead atoms. The van der Waals surface area contributed by atoms with Gasteiger partial charge in [0.25, 0.3) is 11.8 Å². The van der Waals surface area contributed by atoms with E-state index in [0.717, 1.165) is 18.4 Å². The van der Waals surface area contributed by atoms with Gasteiger partial charge < -0.3 is 14.5 Å². The number of hydrogen-bond acceptors (Lipinski definition) is 10. The monoisotopic (exact) mass is 644 g/mol. The van der Waals surface area contributed by atoms with Crippen molar-refractivity contribution in [2.75, 3.05) is 43.9 Å². The topological polar surface area (TPSA) is 153 Å². The van der Waals surface area contributed by atoms with Crippen molar-refractivity contribution >= 4 is 27.7 Å². The highest BCUT2D eigenvalue weighted by atomic mass is 32.2. The molecule has 1 aromatic carbocycles. The molecule has 1 saturated heterocycles. The standard InChI is InChI=1S/C28H27F3N8O5S/c1-3-44-23-12-19(14-32-16-23)20-15-33-39(17-20)22-11-18(10-21(13-22)28(29,30)31)27(41)38-8-6-37(7-9-38)25-5-4-24(34-35-25)26(40)36-45(2,42)43/h4-5,10-17H,3,6-9H2,1-2H3,(H,36,40). The lowest BCUT2D eigenvalue weighted by Gasteiger charge is -2.35. The van der Waals surface area contributed by atoms with Crippen molar-refractivity contribution in [2.45, 2.75) is 13.1 Å². The second-order valence-electron chi connectivity index (χ2n) is 10.0. The summed E-state index contributed by atoms with van der Waals surface area (Å²) in [6.07, 6.45) is 2.30. The van der Waals surface area contributed by atoms with Crippen LogP contribution >= 0.6 is 0 Å². The van der Waals surface area contributed by atoms with Crippen molar-refractivity contribution < 1.29 is 35.9 Å². The summed E-state index contributed by atoms with van der Waals surface area (Å²) in [6.45, 7) is 3.21. The average molecular weight is 645 g/mol. The summed E-state index contributed by atoms with van der Waals surface area (Å²) in [7, 11) is -3.77. The van der Waals surface area contributed by atoms with Gasteiger partial charge in [0.15, 0.2) is 11.5 Å². The predicted molar refractivity (Wildman–Crippen MR) is 155 cm³/mol. The molecule has 1 fully saturated rings. The molecule has 2 amide bonds. The molecule has 0 aliphatic carbocycles. The summed E-state index contributed by atoms with van der Waals surface area (Å²) < 4.78 is 72.8. The van der Waals surface area contributed by atoms with Crippen molar-refractivity contribution in [2.24, 2.45) is 0 Å². The van der Waals surface area contributed by atoms with Crippen LogP contribution in [0.4, 0.5) is 19.0 Å². The van der Waals surface area contributed by atoms with E-state index >= 15 is 0 Å². The van der Waals surface area contributed by atoms with Crippen molar-refractivity contribution in [3.05, 3.63) is 78.0 Å². The molecule has 0 saturated carbocycles. The number of sulfonamides is 1. The van der Waals surface area contributed by atoms with Crippen LogP contribution in [-0.4, -0.2) is 89.1 Å². The van der Waals surface area contributed by atoms with E-state index < -0.39 is 33.6 Å². The molecule has 0 atom stereocenters. The molecule has 0 radical (unpaired) electrons. The van der Waals surface area contributed by atoms with E-state index in [1.54, 1.807) is 34.3 Å². The van der Waals surface area contributed by atoms with Crippen molar-refractivity contribution in [1.29, 1.82) is 0 Å². The smallest absolute Gasteiger partial charge is 0.416 e. The number of pyridine rings is 1. The van der Waals surface area contributed by atoms with E-state index in [4.69, 9.17) is 4.74 Å². The molecule has 4 aromatic rings. The first-order chi connectivity index (χ1) is 21.3. The van der Waals surface area contributed by atoms with Crippen LogP contribution in [0.5, 0.6) is 5.75 Å². The molecule has 1 aliphatic rings. The Morgan fingerprint density at radius 2 is 1.73 bits per heavy atom. The molecule has 5 rings (SSSR count). The summed E-state index contributed by atoms with van der Waals surface area (Å²) in [5.41, 5.74) is -0.0243. The minimum atomic E-state index is -4.71. The maximum atomic E-state index is 13.9. The Morgan fingerprint density at radius 1 is 0.978 bits per heavy atom. The normalized spacial score (nSPS) is 13.9. The largest absolute Gasteiger partial charge is 0.492 e. The molecule has 0 spiro atoms. The number of rotatable bonds is 8. The summed E-state index contributed by atoms with van der Waals surface area (Å²) in [6, 6.07) is 7.66. The average Bonchev–Trinajstić information content (AvgIpc) is 3.51. The minimum absolute atomic E-state index is 0.0576. The van der Waals surface area contributed by atoms with Crippen LogP contribution in [-0.2, 0) is 16.2 Å². The zero-order chi connectivity index (χ0) is 32.4. The lowest BCUT2D eigenvalue weighted by atomic mass is 10.1. The number of benzene rings is 1. The molecule has 1 aliphatic heterocycles. The summed E-state index contributed by atoms with van der Waals surface area (Å²) in [5.74, 6) is -0.583. The fourth-order valence-corrected chi connectivity index (χ4v) is 5.06. The summed E-state index contributed by atoms with van der Waals surface area (Å²) >= 11 is 0. The number of alkyl halides is 3.